The first-order valence-corrected chi connectivity index (χ1v) is 11.2. The summed E-state index contributed by atoms with van der Waals surface area (Å²) in [5, 5.41) is 6.69. The predicted molar refractivity (Wildman–Crippen MR) is 117 cm³/mol. The molecule has 2 amide bonds. The van der Waals surface area contributed by atoms with E-state index in [0.29, 0.717) is 27.8 Å². The average Bonchev–Trinajstić information content (AvgIpc) is 2.70. The van der Waals surface area contributed by atoms with Gasteiger partial charge in [0.25, 0.3) is 5.91 Å². The second-order valence-electron chi connectivity index (χ2n) is 6.99. The molecule has 0 saturated heterocycles. The Morgan fingerprint density at radius 1 is 1.00 bits per heavy atom. The lowest BCUT2D eigenvalue weighted by Crippen LogP contribution is -2.36. The summed E-state index contributed by atoms with van der Waals surface area (Å²) in [6, 6.07) is 15.0. The Bertz CT molecular complexity index is 822. The molecule has 4 nitrogen and oxygen atoms in total. The highest BCUT2D eigenvalue weighted by Gasteiger charge is 2.19. The van der Waals surface area contributed by atoms with Gasteiger partial charge in [-0.2, -0.15) is 0 Å². The van der Waals surface area contributed by atoms with E-state index in [2.05, 4.69) is 10.6 Å². The molecule has 1 aliphatic rings. The number of thioether (sulfide) groups is 1. The molecular formula is C22H25ClN2O2S. The van der Waals surface area contributed by atoms with Crippen molar-refractivity contribution in [3.63, 3.8) is 0 Å². The molecule has 0 aliphatic heterocycles. The van der Waals surface area contributed by atoms with Gasteiger partial charge >= 0.3 is 0 Å². The third-order valence-electron chi connectivity index (χ3n) is 4.83. The van der Waals surface area contributed by atoms with Crippen LogP contribution in [0.1, 0.15) is 48.0 Å². The van der Waals surface area contributed by atoms with E-state index in [1.165, 1.54) is 18.2 Å². The molecule has 0 bridgehead atoms. The number of nitrogens with one attached hydrogen (secondary N) is 2. The maximum atomic E-state index is 12.7. The molecule has 28 heavy (non-hydrogen) atoms. The minimum absolute atomic E-state index is 0.119. The molecule has 0 unspecified atom stereocenters. The van der Waals surface area contributed by atoms with Gasteiger partial charge in [0.2, 0.25) is 5.91 Å². The molecule has 3 rings (SSSR count). The van der Waals surface area contributed by atoms with Crippen molar-refractivity contribution in [2.75, 3.05) is 11.1 Å². The molecule has 0 spiro atoms. The van der Waals surface area contributed by atoms with Crippen molar-refractivity contribution >= 4 is 40.9 Å². The Balaban J connectivity index is 1.54. The minimum Gasteiger partial charge on any atom is -0.349 e. The Morgan fingerprint density at radius 2 is 1.71 bits per heavy atom. The number of carbonyl (C=O) groups excluding carboxylic acids is 2. The highest BCUT2D eigenvalue weighted by Crippen LogP contribution is 2.22. The molecule has 0 radical (unpaired) electrons. The Kier molecular flexibility index (Phi) is 7.80. The summed E-state index contributed by atoms with van der Waals surface area (Å²) < 4.78 is 0. The number of rotatable bonds is 7. The van der Waals surface area contributed by atoms with Gasteiger partial charge in [0, 0.05) is 16.8 Å². The van der Waals surface area contributed by atoms with Gasteiger partial charge in [0.05, 0.1) is 17.0 Å². The lowest BCUT2D eigenvalue weighted by atomic mass is 9.95. The molecule has 2 N–H and O–H groups in total. The topological polar surface area (TPSA) is 58.2 Å². The highest BCUT2D eigenvalue weighted by molar-refractivity contribution is 7.99. The normalized spacial score (nSPS) is 14.5. The third-order valence-corrected chi connectivity index (χ3v) is 6.18. The fraction of sp³-hybridized carbons (Fsp3) is 0.364. The first-order chi connectivity index (χ1) is 13.6. The summed E-state index contributed by atoms with van der Waals surface area (Å²) >= 11 is 7.64. The van der Waals surface area contributed by atoms with E-state index in [0.717, 1.165) is 31.2 Å². The van der Waals surface area contributed by atoms with Gasteiger partial charge in [0.1, 0.15) is 0 Å². The Labute approximate surface area is 175 Å². The van der Waals surface area contributed by atoms with Crippen molar-refractivity contribution < 1.29 is 9.59 Å². The molecule has 1 saturated carbocycles. The van der Waals surface area contributed by atoms with Crippen LogP contribution in [0, 0.1) is 0 Å². The summed E-state index contributed by atoms with van der Waals surface area (Å²) in [7, 11) is 0. The summed E-state index contributed by atoms with van der Waals surface area (Å²) in [6.45, 7) is 0. The zero-order valence-corrected chi connectivity index (χ0v) is 17.3. The van der Waals surface area contributed by atoms with Crippen LogP contribution in [0.2, 0.25) is 5.02 Å². The molecule has 0 atom stereocenters. The van der Waals surface area contributed by atoms with Gasteiger partial charge in [-0.25, -0.2) is 0 Å². The molecular weight excluding hydrogens is 392 g/mol. The average molecular weight is 417 g/mol. The highest BCUT2D eigenvalue weighted by atomic mass is 35.5. The van der Waals surface area contributed by atoms with Crippen LogP contribution >= 0.6 is 23.4 Å². The number of carbonyl (C=O) groups is 2. The van der Waals surface area contributed by atoms with Gasteiger partial charge < -0.3 is 10.6 Å². The number of halogens is 1. The molecule has 6 heteroatoms. The Morgan fingerprint density at radius 3 is 2.50 bits per heavy atom. The van der Waals surface area contributed by atoms with Crippen LogP contribution in [0.5, 0.6) is 0 Å². The lowest BCUT2D eigenvalue weighted by Gasteiger charge is -2.23. The van der Waals surface area contributed by atoms with E-state index >= 15 is 0 Å². The van der Waals surface area contributed by atoms with E-state index in [1.807, 2.05) is 36.4 Å². The Hall–Kier alpha value is -1.98. The van der Waals surface area contributed by atoms with Crippen LogP contribution in [0.3, 0.4) is 0 Å². The van der Waals surface area contributed by atoms with E-state index in [4.69, 9.17) is 11.6 Å². The van der Waals surface area contributed by atoms with Crippen molar-refractivity contribution in [1.29, 1.82) is 0 Å². The van der Waals surface area contributed by atoms with Crippen LogP contribution in [-0.2, 0) is 10.5 Å². The zero-order chi connectivity index (χ0) is 19.8. The monoisotopic (exact) mass is 416 g/mol. The predicted octanol–water partition coefficient (Wildman–Crippen LogP) is 5.27. The minimum atomic E-state index is -0.130. The van der Waals surface area contributed by atoms with E-state index < -0.39 is 0 Å². The van der Waals surface area contributed by atoms with Gasteiger partial charge in [-0.05, 0) is 36.6 Å². The largest absolute Gasteiger partial charge is 0.349 e. The van der Waals surface area contributed by atoms with Crippen molar-refractivity contribution in [1.82, 2.24) is 5.32 Å². The van der Waals surface area contributed by atoms with E-state index in [1.54, 1.807) is 12.1 Å². The third kappa shape index (κ3) is 6.01. The molecule has 0 aromatic heterocycles. The molecule has 1 aliphatic carbocycles. The van der Waals surface area contributed by atoms with Crippen molar-refractivity contribution in [3.8, 4) is 0 Å². The number of hydrogen-bond donors (Lipinski definition) is 2. The van der Waals surface area contributed by atoms with Crippen molar-refractivity contribution in [2.45, 2.75) is 43.9 Å². The molecule has 148 valence electrons. The van der Waals surface area contributed by atoms with E-state index in [-0.39, 0.29) is 17.9 Å². The van der Waals surface area contributed by atoms with Gasteiger partial charge in [0.15, 0.2) is 0 Å². The summed E-state index contributed by atoms with van der Waals surface area (Å²) in [5.41, 5.74) is 2.07. The summed E-state index contributed by atoms with van der Waals surface area (Å²) in [5.74, 6) is 0.710. The SMILES string of the molecule is O=C(CSCc1ccccc1Cl)Nc1ccccc1C(=O)NC1CCCCC1. The summed E-state index contributed by atoms with van der Waals surface area (Å²) in [4.78, 5) is 25.0. The maximum Gasteiger partial charge on any atom is 0.253 e. The van der Waals surface area contributed by atoms with E-state index in [9.17, 15) is 9.59 Å². The lowest BCUT2D eigenvalue weighted by molar-refractivity contribution is -0.113. The number of para-hydroxylation sites is 1. The zero-order valence-electron chi connectivity index (χ0n) is 15.7. The fourth-order valence-electron chi connectivity index (χ4n) is 3.36. The van der Waals surface area contributed by atoms with Crippen LogP contribution in [0.15, 0.2) is 48.5 Å². The molecule has 0 heterocycles. The number of hydrogen-bond acceptors (Lipinski definition) is 3. The van der Waals surface area contributed by atoms with Crippen molar-refractivity contribution in [3.05, 3.63) is 64.7 Å². The van der Waals surface area contributed by atoms with Gasteiger partial charge in [-0.15, -0.1) is 11.8 Å². The van der Waals surface area contributed by atoms with Crippen molar-refractivity contribution in [2.24, 2.45) is 0 Å². The van der Waals surface area contributed by atoms with Gasteiger partial charge in [-0.3, -0.25) is 9.59 Å². The number of benzene rings is 2. The number of amides is 2. The smallest absolute Gasteiger partial charge is 0.253 e. The van der Waals surface area contributed by atoms with Crippen LogP contribution in [-0.4, -0.2) is 23.6 Å². The standard InChI is InChI=1S/C22H25ClN2O2S/c23-19-12-6-4-8-16(19)14-28-15-21(26)25-20-13-7-5-11-18(20)22(27)24-17-9-2-1-3-10-17/h4-8,11-13,17H,1-3,9-10,14-15H2,(H,24,27)(H,25,26). The fourth-order valence-corrected chi connectivity index (χ4v) is 4.47. The quantitative estimate of drug-likeness (QED) is 0.646. The first-order valence-electron chi connectivity index (χ1n) is 9.64. The second kappa shape index (κ2) is 10.5. The molecule has 2 aromatic carbocycles. The first kappa shape index (κ1) is 20.7. The summed E-state index contributed by atoms with van der Waals surface area (Å²) in [6.07, 6.45) is 5.61. The van der Waals surface area contributed by atoms with Gasteiger partial charge in [-0.1, -0.05) is 61.2 Å². The number of anilines is 1. The second-order valence-corrected chi connectivity index (χ2v) is 8.38. The molecule has 1 fully saturated rings. The van der Waals surface area contributed by atoms with Crippen LogP contribution in [0.4, 0.5) is 5.69 Å². The van der Waals surface area contributed by atoms with Crippen LogP contribution in [0.25, 0.3) is 0 Å². The molecule has 2 aromatic rings. The maximum absolute atomic E-state index is 12.7. The van der Waals surface area contributed by atoms with Crippen LogP contribution < -0.4 is 10.6 Å².